The van der Waals surface area contributed by atoms with Crippen LogP contribution in [0.4, 0.5) is 5.69 Å². The van der Waals surface area contributed by atoms with Gasteiger partial charge in [-0.2, -0.15) is 0 Å². The van der Waals surface area contributed by atoms with Crippen LogP contribution in [0, 0.1) is 0 Å². The van der Waals surface area contributed by atoms with E-state index in [-0.39, 0.29) is 10.8 Å². The molecule has 1 aliphatic rings. The zero-order chi connectivity index (χ0) is 16.2. The number of carbonyl (C=O) groups is 1. The Kier molecular flexibility index (Phi) is 5.20. The average molecular weight is 325 g/mol. The number of nitrogens with one attached hydrogen (secondary N) is 2. The first-order valence-corrected chi connectivity index (χ1v) is 9.03. The zero-order valence-corrected chi connectivity index (χ0v) is 13.6. The first kappa shape index (κ1) is 16.9. The van der Waals surface area contributed by atoms with Crippen LogP contribution in [0.5, 0.6) is 0 Å². The van der Waals surface area contributed by atoms with Gasteiger partial charge in [-0.1, -0.05) is 19.8 Å². The van der Waals surface area contributed by atoms with Gasteiger partial charge in [0.05, 0.1) is 4.90 Å². The summed E-state index contributed by atoms with van der Waals surface area (Å²) in [5, 5.41) is 2.69. The third-order valence-electron chi connectivity index (χ3n) is 4.07. The lowest BCUT2D eigenvalue weighted by Crippen LogP contribution is -2.51. The van der Waals surface area contributed by atoms with Crippen LogP contribution in [0.2, 0.25) is 0 Å². The van der Waals surface area contributed by atoms with E-state index in [0.717, 1.165) is 25.7 Å². The van der Waals surface area contributed by atoms with Crippen molar-refractivity contribution in [1.29, 1.82) is 0 Å². The molecule has 0 aromatic heterocycles. The van der Waals surface area contributed by atoms with Crippen molar-refractivity contribution in [3.63, 3.8) is 0 Å². The number of benzene rings is 1. The normalized spacial score (nSPS) is 17.4. The second-order valence-electron chi connectivity index (χ2n) is 5.72. The van der Waals surface area contributed by atoms with Gasteiger partial charge in [0.2, 0.25) is 15.9 Å². The fourth-order valence-corrected chi connectivity index (χ4v) is 4.18. The lowest BCUT2D eigenvalue weighted by atomic mass is 10.0. The molecule has 1 fully saturated rings. The molecule has 1 saturated carbocycles. The SMILES string of the molecule is CCC(=O)Nc1ccc(S(=O)(=O)NC2(CN)CCCC2)cc1. The molecule has 0 bridgehead atoms. The van der Waals surface area contributed by atoms with Crippen molar-refractivity contribution in [3.05, 3.63) is 24.3 Å². The van der Waals surface area contributed by atoms with E-state index in [2.05, 4.69) is 10.0 Å². The molecular weight excluding hydrogens is 302 g/mol. The van der Waals surface area contributed by atoms with Crippen molar-refractivity contribution in [2.75, 3.05) is 11.9 Å². The van der Waals surface area contributed by atoms with Crippen LogP contribution in [0.1, 0.15) is 39.0 Å². The van der Waals surface area contributed by atoms with Gasteiger partial charge in [0, 0.05) is 24.2 Å². The number of rotatable bonds is 6. The molecule has 2 rings (SSSR count). The lowest BCUT2D eigenvalue weighted by molar-refractivity contribution is -0.115. The summed E-state index contributed by atoms with van der Waals surface area (Å²) in [6.07, 6.45) is 3.89. The molecule has 7 heteroatoms. The number of anilines is 1. The largest absolute Gasteiger partial charge is 0.329 e. The van der Waals surface area contributed by atoms with Gasteiger partial charge in [0.25, 0.3) is 0 Å². The number of sulfonamides is 1. The summed E-state index contributed by atoms with van der Waals surface area (Å²) >= 11 is 0. The highest BCUT2D eigenvalue weighted by Crippen LogP contribution is 2.30. The van der Waals surface area contributed by atoms with E-state index < -0.39 is 15.6 Å². The van der Waals surface area contributed by atoms with Gasteiger partial charge in [0.15, 0.2) is 0 Å². The Morgan fingerprint density at radius 3 is 2.32 bits per heavy atom. The van der Waals surface area contributed by atoms with E-state index in [1.54, 1.807) is 19.1 Å². The Labute approximate surface area is 131 Å². The molecule has 122 valence electrons. The Morgan fingerprint density at radius 2 is 1.82 bits per heavy atom. The fourth-order valence-electron chi connectivity index (χ4n) is 2.71. The van der Waals surface area contributed by atoms with Crippen LogP contribution in [0.15, 0.2) is 29.2 Å². The van der Waals surface area contributed by atoms with Gasteiger partial charge >= 0.3 is 0 Å². The summed E-state index contributed by atoms with van der Waals surface area (Å²) in [5.74, 6) is -0.109. The van der Waals surface area contributed by atoms with Crippen LogP contribution in [0.25, 0.3) is 0 Å². The summed E-state index contributed by atoms with van der Waals surface area (Å²) in [6, 6.07) is 6.16. The molecular formula is C15H23N3O3S. The van der Waals surface area contributed by atoms with Gasteiger partial charge in [-0.25, -0.2) is 13.1 Å². The van der Waals surface area contributed by atoms with Crippen LogP contribution in [0.3, 0.4) is 0 Å². The monoisotopic (exact) mass is 325 g/mol. The van der Waals surface area contributed by atoms with Gasteiger partial charge in [0.1, 0.15) is 0 Å². The van der Waals surface area contributed by atoms with Crippen molar-refractivity contribution < 1.29 is 13.2 Å². The molecule has 1 aromatic rings. The van der Waals surface area contributed by atoms with Crippen LogP contribution >= 0.6 is 0 Å². The van der Waals surface area contributed by atoms with Gasteiger partial charge < -0.3 is 11.1 Å². The third kappa shape index (κ3) is 3.85. The topological polar surface area (TPSA) is 101 Å². The predicted molar refractivity (Wildman–Crippen MR) is 85.9 cm³/mol. The minimum Gasteiger partial charge on any atom is -0.329 e. The zero-order valence-electron chi connectivity index (χ0n) is 12.8. The first-order valence-electron chi connectivity index (χ1n) is 7.55. The number of hydrogen-bond acceptors (Lipinski definition) is 4. The average Bonchev–Trinajstić information content (AvgIpc) is 2.96. The molecule has 0 radical (unpaired) electrons. The maximum Gasteiger partial charge on any atom is 0.241 e. The van der Waals surface area contributed by atoms with E-state index >= 15 is 0 Å². The second-order valence-corrected chi connectivity index (χ2v) is 7.41. The van der Waals surface area contributed by atoms with Crippen LogP contribution < -0.4 is 15.8 Å². The summed E-state index contributed by atoms with van der Waals surface area (Å²) in [4.78, 5) is 11.5. The lowest BCUT2D eigenvalue weighted by Gasteiger charge is -2.28. The van der Waals surface area contributed by atoms with Gasteiger partial charge in [-0.05, 0) is 37.1 Å². The second kappa shape index (κ2) is 6.76. The van der Waals surface area contributed by atoms with Crippen molar-refractivity contribution in [1.82, 2.24) is 4.72 Å². The summed E-state index contributed by atoms with van der Waals surface area (Å²) in [5.41, 5.74) is 5.84. The van der Waals surface area contributed by atoms with Crippen molar-refractivity contribution in [2.45, 2.75) is 49.5 Å². The Morgan fingerprint density at radius 1 is 1.23 bits per heavy atom. The first-order chi connectivity index (χ1) is 10.4. The minimum absolute atomic E-state index is 0.109. The molecule has 4 N–H and O–H groups in total. The van der Waals surface area contributed by atoms with E-state index in [9.17, 15) is 13.2 Å². The number of carbonyl (C=O) groups excluding carboxylic acids is 1. The van der Waals surface area contributed by atoms with E-state index in [0.29, 0.717) is 18.7 Å². The quantitative estimate of drug-likeness (QED) is 0.739. The molecule has 0 unspecified atom stereocenters. The smallest absolute Gasteiger partial charge is 0.241 e. The molecule has 22 heavy (non-hydrogen) atoms. The standard InChI is InChI=1S/C15H23N3O3S/c1-2-14(19)17-12-5-7-13(8-6-12)22(20,21)18-15(11-16)9-3-4-10-15/h5-8,18H,2-4,9-11,16H2,1H3,(H,17,19). The molecule has 0 atom stereocenters. The highest BCUT2D eigenvalue weighted by molar-refractivity contribution is 7.89. The minimum atomic E-state index is -3.61. The maximum atomic E-state index is 12.5. The Hall–Kier alpha value is -1.44. The molecule has 1 aliphatic carbocycles. The molecule has 1 aromatic carbocycles. The number of hydrogen-bond donors (Lipinski definition) is 3. The number of nitrogens with two attached hydrogens (primary N) is 1. The van der Waals surface area contributed by atoms with Crippen molar-refractivity contribution in [3.8, 4) is 0 Å². The Balaban J connectivity index is 2.14. The molecule has 0 saturated heterocycles. The number of amides is 1. The van der Waals surface area contributed by atoms with Gasteiger partial charge in [-0.15, -0.1) is 0 Å². The van der Waals surface area contributed by atoms with Crippen LogP contribution in [-0.2, 0) is 14.8 Å². The highest BCUT2D eigenvalue weighted by atomic mass is 32.2. The van der Waals surface area contributed by atoms with Crippen molar-refractivity contribution >= 4 is 21.6 Å². The predicted octanol–water partition coefficient (Wildman–Crippen LogP) is 1.58. The van der Waals surface area contributed by atoms with E-state index in [4.69, 9.17) is 5.73 Å². The molecule has 6 nitrogen and oxygen atoms in total. The van der Waals surface area contributed by atoms with E-state index in [1.165, 1.54) is 12.1 Å². The molecule has 1 amide bonds. The highest BCUT2D eigenvalue weighted by Gasteiger charge is 2.36. The third-order valence-corrected chi connectivity index (χ3v) is 5.67. The summed E-state index contributed by atoms with van der Waals surface area (Å²) in [7, 11) is -3.61. The fraction of sp³-hybridized carbons (Fsp3) is 0.533. The molecule has 0 aliphatic heterocycles. The van der Waals surface area contributed by atoms with Gasteiger partial charge in [-0.3, -0.25) is 4.79 Å². The van der Waals surface area contributed by atoms with E-state index in [1.807, 2.05) is 0 Å². The maximum absolute atomic E-state index is 12.5. The summed E-state index contributed by atoms with van der Waals surface area (Å²) in [6.45, 7) is 2.06. The van der Waals surface area contributed by atoms with Crippen LogP contribution in [-0.4, -0.2) is 26.4 Å². The molecule has 0 spiro atoms. The molecule has 0 heterocycles. The summed E-state index contributed by atoms with van der Waals surface area (Å²) < 4.78 is 27.7. The Bertz CT molecular complexity index is 620. The van der Waals surface area contributed by atoms with Crippen molar-refractivity contribution in [2.24, 2.45) is 5.73 Å².